The molecule has 0 saturated carbocycles. The number of carbonyl (C=O) groups is 1. The van der Waals surface area contributed by atoms with Crippen LogP contribution in [-0.4, -0.2) is 17.5 Å². The van der Waals surface area contributed by atoms with Gasteiger partial charge in [-0.2, -0.15) is 0 Å². The number of nitrogens with one attached hydrogen (secondary N) is 1. The third-order valence-electron chi connectivity index (χ3n) is 5.41. The molecule has 0 fully saturated rings. The van der Waals surface area contributed by atoms with Gasteiger partial charge in [-0.3, -0.25) is 10.1 Å². The number of thiazole rings is 1. The molecule has 2 heterocycles. The van der Waals surface area contributed by atoms with Gasteiger partial charge in [-0.25, -0.2) is 9.78 Å². The first kappa shape index (κ1) is 19.5. The van der Waals surface area contributed by atoms with E-state index >= 15 is 0 Å². The second-order valence-corrected chi connectivity index (χ2v) is 8.46. The third-order valence-corrected chi connectivity index (χ3v) is 6.17. The maximum absolute atomic E-state index is 12.3. The number of ether oxygens (including phenoxy) is 1. The largest absolute Gasteiger partial charge is 0.484 e. The van der Waals surface area contributed by atoms with Gasteiger partial charge < -0.3 is 9.15 Å². The highest BCUT2D eigenvalue weighted by molar-refractivity contribution is 7.14. The van der Waals surface area contributed by atoms with Crippen LogP contribution < -0.4 is 15.7 Å². The number of aryl methyl sites for hydroxylation is 2. The predicted octanol–water partition coefficient (Wildman–Crippen LogP) is 4.73. The molecular formula is C24H20N2O4S. The first-order valence-electron chi connectivity index (χ1n) is 10.1. The fraction of sp³-hybridized carbons (Fsp3) is 0.208. The highest BCUT2D eigenvalue weighted by Gasteiger charge is 2.19. The van der Waals surface area contributed by atoms with E-state index in [1.165, 1.54) is 16.9 Å². The molecule has 5 rings (SSSR count). The number of rotatable bonds is 5. The smallest absolute Gasteiger partial charge is 0.339 e. The molecule has 31 heavy (non-hydrogen) atoms. The van der Waals surface area contributed by atoms with Crippen LogP contribution in [-0.2, 0) is 17.6 Å². The maximum atomic E-state index is 12.3. The molecule has 0 atom stereocenters. The zero-order chi connectivity index (χ0) is 21.4. The molecule has 1 amide bonds. The van der Waals surface area contributed by atoms with Crippen molar-refractivity contribution in [3.8, 4) is 17.0 Å². The van der Waals surface area contributed by atoms with E-state index in [-0.39, 0.29) is 18.1 Å². The molecule has 2 aromatic carbocycles. The lowest BCUT2D eigenvalue weighted by molar-refractivity contribution is -0.118. The molecule has 0 aliphatic heterocycles. The molecule has 7 heteroatoms. The fourth-order valence-corrected chi connectivity index (χ4v) is 4.58. The summed E-state index contributed by atoms with van der Waals surface area (Å²) in [4.78, 5) is 28.9. The van der Waals surface area contributed by atoms with E-state index in [4.69, 9.17) is 9.15 Å². The SMILES string of the molecule is Cc1ccc(-c2csc(NC(=O)COc3ccc4c5c(c(=O)oc4c3)CCC5)n2)cc1. The molecule has 0 spiro atoms. The van der Waals surface area contributed by atoms with Crippen molar-refractivity contribution in [2.45, 2.75) is 26.2 Å². The van der Waals surface area contributed by atoms with Crippen LogP contribution in [0, 0.1) is 6.92 Å². The first-order valence-corrected chi connectivity index (χ1v) is 11.0. The van der Waals surface area contributed by atoms with Crippen molar-refractivity contribution in [2.24, 2.45) is 0 Å². The van der Waals surface area contributed by atoms with Gasteiger partial charge in [-0.1, -0.05) is 29.8 Å². The van der Waals surface area contributed by atoms with Gasteiger partial charge in [-0.05, 0) is 43.9 Å². The molecule has 0 saturated heterocycles. The fourth-order valence-electron chi connectivity index (χ4n) is 3.85. The van der Waals surface area contributed by atoms with Crippen LogP contribution in [0.4, 0.5) is 5.13 Å². The average molecular weight is 433 g/mol. The van der Waals surface area contributed by atoms with Crippen LogP contribution in [0.25, 0.3) is 22.2 Å². The molecular weight excluding hydrogens is 412 g/mol. The lowest BCUT2D eigenvalue weighted by Gasteiger charge is -2.08. The van der Waals surface area contributed by atoms with E-state index in [1.807, 2.05) is 42.6 Å². The summed E-state index contributed by atoms with van der Waals surface area (Å²) in [6.45, 7) is 1.87. The summed E-state index contributed by atoms with van der Waals surface area (Å²) in [5.74, 6) is 0.170. The van der Waals surface area contributed by atoms with Gasteiger partial charge in [0.05, 0.1) is 5.69 Å². The molecule has 4 aromatic rings. The number of hydrogen-bond acceptors (Lipinski definition) is 6. The normalized spacial score (nSPS) is 12.7. The highest BCUT2D eigenvalue weighted by atomic mass is 32.1. The monoisotopic (exact) mass is 432 g/mol. The Morgan fingerprint density at radius 1 is 1.16 bits per heavy atom. The second-order valence-electron chi connectivity index (χ2n) is 7.60. The van der Waals surface area contributed by atoms with Crippen LogP contribution in [0.15, 0.2) is 57.1 Å². The Bertz CT molecular complexity index is 1340. The maximum Gasteiger partial charge on any atom is 0.339 e. The lowest BCUT2D eigenvalue weighted by atomic mass is 10.1. The number of fused-ring (bicyclic) bond motifs is 3. The zero-order valence-electron chi connectivity index (χ0n) is 16.9. The van der Waals surface area contributed by atoms with Crippen molar-refractivity contribution in [3.63, 3.8) is 0 Å². The van der Waals surface area contributed by atoms with Gasteiger partial charge in [0.15, 0.2) is 11.7 Å². The van der Waals surface area contributed by atoms with Crippen LogP contribution in [0.5, 0.6) is 5.75 Å². The van der Waals surface area contributed by atoms with Crippen molar-refractivity contribution in [3.05, 3.63) is 75.0 Å². The molecule has 156 valence electrons. The van der Waals surface area contributed by atoms with Crippen LogP contribution in [0.3, 0.4) is 0 Å². The number of nitrogens with zero attached hydrogens (tertiary/aromatic N) is 1. The van der Waals surface area contributed by atoms with Gasteiger partial charge in [0.2, 0.25) is 0 Å². The van der Waals surface area contributed by atoms with Gasteiger partial charge >= 0.3 is 5.63 Å². The summed E-state index contributed by atoms with van der Waals surface area (Å²) in [6, 6.07) is 13.4. The van der Waals surface area contributed by atoms with Crippen molar-refractivity contribution in [2.75, 3.05) is 11.9 Å². The quantitative estimate of drug-likeness (QED) is 0.461. The van der Waals surface area contributed by atoms with E-state index in [0.717, 1.165) is 47.0 Å². The molecule has 0 unspecified atom stereocenters. The molecule has 0 radical (unpaired) electrons. The average Bonchev–Trinajstić information content (AvgIpc) is 3.43. The topological polar surface area (TPSA) is 81.4 Å². The standard InChI is InChI=1S/C24H20N2O4S/c1-14-5-7-15(8-6-14)20-13-31-24(25-20)26-22(27)12-29-16-9-10-18-17-3-2-4-19(17)23(28)30-21(18)11-16/h5-11,13H,2-4,12H2,1H3,(H,25,26,27). The van der Waals surface area contributed by atoms with E-state index < -0.39 is 0 Å². The number of aromatic nitrogens is 1. The van der Waals surface area contributed by atoms with Crippen LogP contribution in [0.1, 0.15) is 23.1 Å². The third kappa shape index (κ3) is 3.96. The summed E-state index contributed by atoms with van der Waals surface area (Å²) < 4.78 is 11.1. The Kier molecular flexibility index (Phi) is 5.03. The summed E-state index contributed by atoms with van der Waals surface area (Å²) in [6.07, 6.45) is 2.63. The number of anilines is 1. The van der Waals surface area contributed by atoms with Crippen LogP contribution in [0.2, 0.25) is 0 Å². The Morgan fingerprint density at radius 3 is 2.81 bits per heavy atom. The summed E-state index contributed by atoms with van der Waals surface area (Å²) in [5.41, 5.74) is 5.08. The minimum Gasteiger partial charge on any atom is -0.484 e. The molecule has 1 N–H and O–H groups in total. The first-order chi connectivity index (χ1) is 15.1. The van der Waals surface area contributed by atoms with E-state index in [9.17, 15) is 9.59 Å². The Labute approximate surface area is 182 Å². The van der Waals surface area contributed by atoms with Crippen LogP contribution >= 0.6 is 11.3 Å². The highest BCUT2D eigenvalue weighted by Crippen LogP contribution is 2.30. The second kappa shape index (κ2) is 8.00. The summed E-state index contributed by atoms with van der Waals surface area (Å²) in [7, 11) is 0. The summed E-state index contributed by atoms with van der Waals surface area (Å²) >= 11 is 1.37. The lowest BCUT2D eigenvalue weighted by Crippen LogP contribution is -2.20. The molecule has 2 aromatic heterocycles. The summed E-state index contributed by atoms with van der Waals surface area (Å²) in [5, 5.41) is 6.13. The number of carbonyl (C=O) groups excluding carboxylic acids is 1. The molecule has 0 bridgehead atoms. The Balaban J connectivity index is 1.25. The Morgan fingerprint density at radius 2 is 1.97 bits per heavy atom. The number of hydrogen-bond donors (Lipinski definition) is 1. The van der Waals surface area contributed by atoms with Gasteiger partial charge in [0, 0.05) is 28.0 Å². The molecule has 1 aliphatic rings. The van der Waals surface area contributed by atoms with Gasteiger partial charge in [-0.15, -0.1) is 11.3 Å². The van der Waals surface area contributed by atoms with Gasteiger partial charge in [0.25, 0.3) is 5.91 Å². The number of benzene rings is 2. The Hall–Kier alpha value is -3.45. The van der Waals surface area contributed by atoms with Crippen molar-refractivity contribution < 1.29 is 13.9 Å². The predicted molar refractivity (Wildman–Crippen MR) is 121 cm³/mol. The van der Waals surface area contributed by atoms with E-state index in [2.05, 4.69) is 10.3 Å². The van der Waals surface area contributed by atoms with Crippen molar-refractivity contribution in [1.29, 1.82) is 0 Å². The molecule has 1 aliphatic carbocycles. The van der Waals surface area contributed by atoms with Crippen molar-refractivity contribution in [1.82, 2.24) is 4.98 Å². The molecule has 6 nitrogen and oxygen atoms in total. The van der Waals surface area contributed by atoms with Crippen molar-refractivity contribution >= 4 is 33.3 Å². The number of amides is 1. The minimum atomic E-state index is -0.305. The van der Waals surface area contributed by atoms with E-state index in [1.54, 1.807) is 12.1 Å². The van der Waals surface area contributed by atoms with Gasteiger partial charge in [0.1, 0.15) is 11.3 Å². The minimum absolute atomic E-state index is 0.167. The van der Waals surface area contributed by atoms with E-state index in [0.29, 0.717) is 16.5 Å². The zero-order valence-corrected chi connectivity index (χ0v) is 17.8.